The summed E-state index contributed by atoms with van der Waals surface area (Å²) in [5.74, 6) is 1.07. The fraction of sp³-hybridized carbons (Fsp3) is 0.429. The van der Waals surface area contributed by atoms with Crippen LogP contribution < -0.4 is 10.5 Å². The van der Waals surface area contributed by atoms with E-state index in [1.54, 1.807) is 6.26 Å². The number of rotatable bonds is 3. The zero-order valence-electron chi connectivity index (χ0n) is 10.1. The van der Waals surface area contributed by atoms with E-state index in [0.717, 1.165) is 37.2 Å². The molecule has 3 rings (SSSR count). The monoisotopic (exact) mass is 231 g/mol. The van der Waals surface area contributed by atoms with E-state index in [4.69, 9.17) is 14.9 Å². The summed E-state index contributed by atoms with van der Waals surface area (Å²) in [4.78, 5) is 0. The smallest absolute Gasteiger partial charge is 0.137 e. The number of hydrogen-bond donors (Lipinski definition) is 1. The van der Waals surface area contributed by atoms with Crippen LogP contribution in [0.2, 0.25) is 0 Å². The van der Waals surface area contributed by atoms with Gasteiger partial charge in [0.15, 0.2) is 0 Å². The van der Waals surface area contributed by atoms with Crippen LogP contribution in [0, 0.1) is 0 Å². The fourth-order valence-corrected chi connectivity index (χ4v) is 2.82. The highest BCUT2D eigenvalue weighted by atomic mass is 16.5. The second-order valence-electron chi connectivity index (χ2n) is 4.42. The molecule has 17 heavy (non-hydrogen) atoms. The zero-order chi connectivity index (χ0) is 11.8. The summed E-state index contributed by atoms with van der Waals surface area (Å²) in [5, 5.41) is 1.17. The van der Waals surface area contributed by atoms with E-state index < -0.39 is 0 Å². The van der Waals surface area contributed by atoms with Gasteiger partial charge in [-0.2, -0.15) is 0 Å². The van der Waals surface area contributed by atoms with Crippen LogP contribution in [0.1, 0.15) is 23.6 Å². The molecule has 2 N–H and O–H groups in total. The molecule has 3 nitrogen and oxygen atoms in total. The van der Waals surface area contributed by atoms with Gasteiger partial charge < -0.3 is 14.9 Å². The van der Waals surface area contributed by atoms with Gasteiger partial charge in [0.25, 0.3) is 0 Å². The van der Waals surface area contributed by atoms with Gasteiger partial charge in [0, 0.05) is 28.5 Å². The summed E-state index contributed by atoms with van der Waals surface area (Å²) >= 11 is 0. The maximum atomic E-state index is 5.80. The summed E-state index contributed by atoms with van der Waals surface area (Å²) < 4.78 is 11.5. The van der Waals surface area contributed by atoms with Crippen molar-refractivity contribution in [1.82, 2.24) is 0 Å². The van der Waals surface area contributed by atoms with Crippen molar-refractivity contribution in [1.29, 1.82) is 0 Å². The normalized spacial score (nSPS) is 14.0. The molecule has 1 aliphatic rings. The van der Waals surface area contributed by atoms with Crippen LogP contribution in [0.4, 0.5) is 0 Å². The van der Waals surface area contributed by atoms with Gasteiger partial charge in [0.1, 0.15) is 11.3 Å². The molecule has 0 radical (unpaired) electrons. The molecule has 0 amide bonds. The fourth-order valence-electron chi connectivity index (χ4n) is 2.82. The molecule has 1 aliphatic heterocycles. The van der Waals surface area contributed by atoms with E-state index in [-0.39, 0.29) is 0 Å². The molecule has 0 bridgehead atoms. The molecule has 2 aromatic rings. The van der Waals surface area contributed by atoms with Gasteiger partial charge in [-0.25, -0.2) is 0 Å². The average Bonchev–Trinajstić information content (AvgIpc) is 2.96. The Labute approximate surface area is 101 Å². The minimum atomic E-state index is 0.640. The van der Waals surface area contributed by atoms with Crippen molar-refractivity contribution >= 4 is 11.0 Å². The minimum absolute atomic E-state index is 0.640. The summed E-state index contributed by atoms with van der Waals surface area (Å²) in [6, 6.07) is 2.03. The van der Waals surface area contributed by atoms with E-state index in [9.17, 15) is 0 Å². The first-order valence-corrected chi connectivity index (χ1v) is 6.23. The van der Waals surface area contributed by atoms with Crippen LogP contribution >= 0.6 is 0 Å². The summed E-state index contributed by atoms with van der Waals surface area (Å²) in [7, 11) is 0. The Morgan fingerprint density at radius 2 is 2.24 bits per heavy atom. The standard InChI is InChI=1S/C14H17NO2/c1-2-9-11-4-7-17-14(11)10(3-6-15)12-5-8-16-13(9)12/h5,8H,2-4,6-7,15H2,1H3. The molecule has 0 saturated carbocycles. The van der Waals surface area contributed by atoms with Crippen LogP contribution in [0.25, 0.3) is 11.0 Å². The second-order valence-corrected chi connectivity index (χ2v) is 4.42. The molecular formula is C14H17NO2. The lowest BCUT2D eigenvalue weighted by Gasteiger charge is -2.12. The molecule has 0 atom stereocenters. The predicted molar refractivity (Wildman–Crippen MR) is 67.5 cm³/mol. The topological polar surface area (TPSA) is 48.4 Å². The molecule has 1 aromatic carbocycles. The molecule has 90 valence electrons. The largest absolute Gasteiger partial charge is 0.493 e. The van der Waals surface area contributed by atoms with Gasteiger partial charge >= 0.3 is 0 Å². The van der Waals surface area contributed by atoms with Gasteiger partial charge in [-0.15, -0.1) is 0 Å². The Morgan fingerprint density at radius 1 is 1.35 bits per heavy atom. The highest BCUT2D eigenvalue weighted by Crippen LogP contribution is 2.40. The highest BCUT2D eigenvalue weighted by Gasteiger charge is 2.24. The molecule has 1 aromatic heterocycles. The van der Waals surface area contributed by atoms with Crippen LogP contribution in [0.3, 0.4) is 0 Å². The van der Waals surface area contributed by atoms with Crippen molar-refractivity contribution in [2.45, 2.75) is 26.2 Å². The second kappa shape index (κ2) is 4.08. The molecule has 2 heterocycles. The lowest BCUT2D eigenvalue weighted by Crippen LogP contribution is -2.05. The van der Waals surface area contributed by atoms with E-state index in [0.29, 0.717) is 6.54 Å². The van der Waals surface area contributed by atoms with Gasteiger partial charge in [-0.1, -0.05) is 6.92 Å². The Balaban J connectivity index is 2.35. The number of fused-ring (bicyclic) bond motifs is 2. The maximum Gasteiger partial charge on any atom is 0.137 e. The Hall–Kier alpha value is -1.48. The van der Waals surface area contributed by atoms with Crippen LogP contribution in [-0.4, -0.2) is 13.2 Å². The van der Waals surface area contributed by atoms with Gasteiger partial charge in [0.2, 0.25) is 0 Å². The highest BCUT2D eigenvalue weighted by molar-refractivity contribution is 5.88. The third-order valence-corrected chi connectivity index (χ3v) is 3.52. The van der Waals surface area contributed by atoms with Gasteiger partial charge in [-0.3, -0.25) is 0 Å². The Bertz CT molecular complexity index is 557. The number of furan rings is 1. The molecule has 0 unspecified atom stereocenters. The van der Waals surface area contributed by atoms with Crippen LogP contribution in [0.15, 0.2) is 16.7 Å². The zero-order valence-corrected chi connectivity index (χ0v) is 10.1. The van der Waals surface area contributed by atoms with Crippen molar-refractivity contribution in [2.75, 3.05) is 13.2 Å². The average molecular weight is 231 g/mol. The maximum absolute atomic E-state index is 5.80. The number of ether oxygens (including phenoxy) is 1. The first-order chi connectivity index (χ1) is 8.36. The van der Waals surface area contributed by atoms with Gasteiger partial charge in [0.05, 0.1) is 12.9 Å². The predicted octanol–water partition coefficient (Wildman–Crippen LogP) is 2.43. The van der Waals surface area contributed by atoms with Crippen molar-refractivity contribution < 1.29 is 9.15 Å². The first-order valence-electron chi connectivity index (χ1n) is 6.23. The van der Waals surface area contributed by atoms with Crippen molar-refractivity contribution in [2.24, 2.45) is 5.73 Å². The van der Waals surface area contributed by atoms with Crippen molar-refractivity contribution in [3.8, 4) is 5.75 Å². The van der Waals surface area contributed by atoms with E-state index >= 15 is 0 Å². The number of hydrogen-bond acceptors (Lipinski definition) is 3. The van der Waals surface area contributed by atoms with Crippen LogP contribution in [-0.2, 0) is 19.3 Å². The van der Waals surface area contributed by atoms with Crippen molar-refractivity contribution in [3.05, 3.63) is 29.0 Å². The van der Waals surface area contributed by atoms with E-state index in [1.807, 2.05) is 6.07 Å². The third kappa shape index (κ3) is 1.46. The SMILES string of the molecule is CCc1c2c(c(CCN)c3ccoc13)OCC2. The van der Waals surface area contributed by atoms with Crippen LogP contribution in [0.5, 0.6) is 5.75 Å². The minimum Gasteiger partial charge on any atom is -0.493 e. The summed E-state index contributed by atoms with van der Waals surface area (Å²) in [5.41, 5.74) is 10.6. The first kappa shape index (κ1) is 10.7. The summed E-state index contributed by atoms with van der Waals surface area (Å²) in [6.45, 7) is 3.59. The quantitative estimate of drug-likeness (QED) is 0.882. The van der Waals surface area contributed by atoms with Gasteiger partial charge in [-0.05, 0) is 25.5 Å². The number of benzene rings is 1. The molecule has 0 fully saturated rings. The Morgan fingerprint density at radius 3 is 3.00 bits per heavy atom. The molecule has 0 spiro atoms. The van der Waals surface area contributed by atoms with E-state index in [2.05, 4.69) is 6.92 Å². The number of aryl methyl sites for hydroxylation is 1. The molecular weight excluding hydrogens is 214 g/mol. The van der Waals surface area contributed by atoms with E-state index in [1.165, 1.54) is 22.1 Å². The third-order valence-electron chi connectivity index (χ3n) is 3.52. The Kier molecular flexibility index (Phi) is 2.56. The molecule has 3 heteroatoms. The lowest BCUT2D eigenvalue weighted by atomic mass is 9.94. The molecule has 0 aliphatic carbocycles. The lowest BCUT2D eigenvalue weighted by molar-refractivity contribution is 0.354. The number of nitrogens with two attached hydrogens (primary N) is 1. The molecule has 0 saturated heterocycles. The van der Waals surface area contributed by atoms with Crippen molar-refractivity contribution in [3.63, 3.8) is 0 Å². The summed E-state index contributed by atoms with van der Waals surface area (Å²) in [6.07, 6.45) is 4.59.